The van der Waals surface area contributed by atoms with E-state index in [2.05, 4.69) is 10.6 Å². The third-order valence-electron chi connectivity index (χ3n) is 6.95. The van der Waals surface area contributed by atoms with Crippen molar-refractivity contribution >= 4 is 11.8 Å². The van der Waals surface area contributed by atoms with Crippen molar-refractivity contribution in [2.75, 3.05) is 6.61 Å². The van der Waals surface area contributed by atoms with Crippen LogP contribution in [0.5, 0.6) is 5.75 Å². The lowest BCUT2D eigenvalue weighted by Crippen LogP contribution is -2.59. The first-order valence-electron chi connectivity index (χ1n) is 10.9. The number of carbonyl (C=O) groups is 2. The van der Waals surface area contributed by atoms with E-state index in [1.807, 2.05) is 12.1 Å². The van der Waals surface area contributed by atoms with E-state index in [9.17, 15) is 9.59 Å². The second-order valence-electron chi connectivity index (χ2n) is 9.29. The van der Waals surface area contributed by atoms with Crippen LogP contribution in [-0.2, 0) is 11.3 Å². The van der Waals surface area contributed by atoms with Crippen LogP contribution < -0.4 is 15.4 Å². The van der Waals surface area contributed by atoms with E-state index in [-0.39, 0.29) is 24.0 Å². The van der Waals surface area contributed by atoms with Gasteiger partial charge in [0.25, 0.3) is 11.8 Å². The van der Waals surface area contributed by atoms with Crippen LogP contribution in [-0.4, -0.2) is 24.0 Å². The molecule has 2 N–H and O–H groups in total. The molecule has 6 rings (SSSR count). The maximum atomic E-state index is 13.2. The lowest BCUT2D eigenvalue weighted by atomic mass is 9.53. The third kappa shape index (κ3) is 3.95. The molecule has 1 heterocycles. The van der Waals surface area contributed by atoms with Crippen LogP contribution in [0.15, 0.2) is 47.1 Å². The molecule has 0 saturated heterocycles. The average molecular weight is 408 g/mol. The molecule has 6 nitrogen and oxygen atoms in total. The first kappa shape index (κ1) is 19.2. The van der Waals surface area contributed by atoms with Crippen LogP contribution in [0.2, 0.25) is 0 Å². The Balaban J connectivity index is 1.21. The van der Waals surface area contributed by atoms with Crippen molar-refractivity contribution in [2.45, 2.75) is 50.6 Å². The summed E-state index contributed by atoms with van der Waals surface area (Å²) >= 11 is 0. The van der Waals surface area contributed by atoms with E-state index < -0.39 is 0 Å². The fraction of sp³-hybridized carbons (Fsp3) is 0.500. The molecule has 2 aromatic rings. The smallest absolute Gasteiger partial charge is 0.258 e. The first-order chi connectivity index (χ1) is 14.6. The highest BCUT2D eigenvalue weighted by Gasteiger charge is 2.51. The molecular formula is C24H28N2O4. The Bertz CT molecular complexity index is 886. The Hall–Kier alpha value is -2.76. The molecule has 6 heteroatoms. The number of hydrogen-bond acceptors (Lipinski definition) is 4. The van der Waals surface area contributed by atoms with Crippen LogP contribution in [0.4, 0.5) is 0 Å². The van der Waals surface area contributed by atoms with E-state index >= 15 is 0 Å². The zero-order valence-electron chi connectivity index (χ0n) is 17.1. The molecule has 0 aliphatic heterocycles. The number of furan rings is 1. The number of nitrogens with one attached hydrogen (secondary N) is 2. The number of benzene rings is 1. The predicted octanol–water partition coefficient (Wildman–Crippen LogP) is 3.67. The molecule has 0 atom stereocenters. The average Bonchev–Trinajstić information content (AvgIpc) is 3.23. The SMILES string of the molecule is O=C(COc1ccccc1C(=O)NC12CC3CC(CC(C3)C1)C2)NCc1ccco1. The van der Waals surface area contributed by atoms with Crippen LogP contribution in [0, 0.1) is 17.8 Å². The minimum atomic E-state index is -0.261. The van der Waals surface area contributed by atoms with Gasteiger partial charge in [-0.15, -0.1) is 0 Å². The summed E-state index contributed by atoms with van der Waals surface area (Å²) < 4.78 is 10.9. The summed E-state index contributed by atoms with van der Waals surface area (Å²) in [6.45, 7) is 0.158. The number of ether oxygens (including phenoxy) is 1. The molecule has 1 aromatic heterocycles. The summed E-state index contributed by atoms with van der Waals surface area (Å²) in [5.41, 5.74) is 0.436. The lowest BCUT2D eigenvalue weighted by Gasteiger charge is -2.56. The number of hydrogen-bond donors (Lipinski definition) is 2. The number of rotatable bonds is 7. The van der Waals surface area contributed by atoms with Crippen molar-refractivity contribution in [3.05, 3.63) is 54.0 Å². The van der Waals surface area contributed by atoms with Gasteiger partial charge in [0.2, 0.25) is 0 Å². The Labute approximate surface area is 176 Å². The lowest BCUT2D eigenvalue weighted by molar-refractivity contribution is -0.123. The van der Waals surface area contributed by atoms with Gasteiger partial charge < -0.3 is 19.8 Å². The van der Waals surface area contributed by atoms with Crippen molar-refractivity contribution < 1.29 is 18.7 Å². The number of amides is 2. The molecule has 4 aliphatic carbocycles. The summed E-state index contributed by atoms with van der Waals surface area (Å²) in [7, 11) is 0. The normalized spacial score (nSPS) is 28.9. The molecule has 4 aliphatic rings. The molecule has 0 radical (unpaired) electrons. The van der Waals surface area contributed by atoms with Gasteiger partial charge in [0.1, 0.15) is 11.5 Å². The van der Waals surface area contributed by atoms with E-state index in [0.717, 1.165) is 37.0 Å². The Morgan fingerprint density at radius 3 is 2.37 bits per heavy atom. The van der Waals surface area contributed by atoms with Crippen molar-refractivity contribution in [3.8, 4) is 5.75 Å². The highest BCUT2D eigenvalue weighted by atomic mass is 16.5. The van der Waals surface area contributed by atoms with Gasteiger partial charge in [-0.2, -0.15) is 0 Å². The zero-order chi connectivity index (χ0) is 20.6. The molecular weight excluding hydrogens is 380 g/mol. The van der Waals surface area contributed by atoms with Gasteiger partial charge in [0.15, 0.2) is 6.61 Å². The van der Waals surface area contributed by atoms with E-state index in [1.54, 1.807) is 30.5 Å². The van der Waals surface area contributed by atoms with Gasteiger partial charge >= 0.3 is 0 Å². The maximum absolute atomic E-state index is 13.2. The maximum Gasteiger partial charge on any atom is 0.258 e. The van der Waals surface area contributed by atoms with E-state index in [4.69, 9.17) is 9.15 Å². The predicted molar refractivity (Wildman–Crippen MR) is 111 cm³/mol. The van der Waals surface area contributed by atoms with Crippen LogP contribution >= 0.6 is 0 Å². The van der Waals surface area contributed by atoms with Gasteiger partial charge in [-0.3, -0.25) is 9.59 Å². The summed E-state index contributed by atoms with van der Waals surface area (Å²) in [6, 6.07) is 10.7. The van der Waals surface area contributed by atoms with Crippen molar-refractivity contribution in [1.29, 1.82) is 0 Å². The topological polar surface area (TPSA) is 80.6 Å². The van der Waals surface area contributed by atoms with E-state index in [1.165, 1.54) is 19.3 Å². The van der Waals surface area contributed by atoms with Gasteiger partial charge in [-0.05, 0) is 80.5 Å². The van der Waals surface area contributed by atoms with Gasteiger partial charge in [0.05, 0.1) is 18.4 Å². The second kappa shape index (κ2) is 7.82. The summed E-state index contributed by atoms with van der Waals surface area (Å²) in [5.74, 6) is 3.06. The fourth-order valence-corrected chi connectivity index (χ4v) is 6.15. The molecule has 158 valence electrons. The highest BCUT2D eigenvalue weighted by Crippen LogP contribution is 2.55. The minimum absolute atomic E-state index is 0.0562. The van der Waals surface area contributed by atoms with E-state index in [0.29, 0.717) is 23.6 Å². The Kier molecular flexibility index (Phi) is 5.01. The molecule has 0 unspecified atom stereocenters. The monoisotopic (exact) mass is 408 g/mol. The van der Waals surface area contributed by atoms with Crippen molar-refractivity contribution in [3.63, 3.8) is 0 Å². The fourth-order valence-electron chi connectivity index (χ4n) is 6.15. The van der Waals surface area contributed by atoms with Crippen molar-refractivity contribution in [1.82, 2.24) is 10.6 Å². The zero-order valence-corrected chi connectivity index (χ0v) is 17.1. The van der Waals surface area contributed by atoms with Gasteiger partial charge in [-0.1, -0.05) is 12.1 Å². The second-order valence-corrected chi connectivity index (χ2v) is 9.29. The highest BCUT2D eigenvalue weighted by molar-refractivity contribution is 5.97. The molecule has 2 amide bonds. The standard InChI is InChI=1S/C24H28N2O4/c27-22(25-14-19-4-3-7-29-19)15-30-21-6-2-1-5-20(21)23(28)26-24-11-16-8-17(12-24)10-18(9-16)13-24/h1-7,16-18H,8-15H2,(H,25,27)(H,26,28). The summed E-state index contributed by atoms with van der Waals surface area (Å²) in [5, 5.41) is 6.13. The van der Waals surface area contributed by atoms with Crippen LogP contribution in [0.3, 0.4) is 0 Å². The van der Waals surface area contributed by atoms with Gasteiger partial charge in [-0.25, -0.2) is 0 Å². The molecule has 4 bridgehead atoms. The Morgan fingerprint density at radius 1 is 1.00 bits per heavy atom. The molecule has 0 spiro atoms. The molecule has 30 heavy (non-hydrogen) atoms. The van der Waals surface area contributed by atoms with Gasteiger partial charge in [0, 0.05) is 5.54 Å². The van der Waals surface area contributed by atoms with Crippen LogP contribution in [0.1, 0.15) is 54.6 Å². The van der Waals surface area contributed by atoms with Crippen molar-refractivity contribution in [2.24, 2.45) is 17.8 Å². The third-order valence-corrected chi connectivity index (χ3v) is 6.95. The molecule has 1 aromatic carbocycles. The quantitative estimate of drug-likeness (QED) is 0.732. The Morgan fingerprint density at radius 2 is 1.70 bits per heavy atom. The number of carbonyl (C=O) groups excluding carboxylic acids is 2. The first-order valence-corrected chi connectivity index (χ1v) is 10.9. The van der Waals surface area contributed by atoms with Crippen LogP contribution in [0.25, 0.3) is 0 Å². The largest absolute Gasteiger partial charge is 0.483 e. The number of para-hydroxylation sites is 1. The summed E-state index contributed by atoms with van der Waals surface area (Å²) in [6.07, 6.45) is 8.87. The minimum Gasteiger partial charge on any atom is -0.483 e. The molecule has 4 fully saturated rings. The molecule has 4 saturated carbocycles. The summed E-state index contributed by atoms with van der Waals surface area (Å²) in [4.78, 5) is 25.3.